The lowest BCUT2D eigenvalue weighted by molar-refractivity contribution is -0.0738. The van der Waals surface area contributed by atoms with Crippen molar-refractivity contribution < 1.29 is 5.11 Å². The molecule has 1 saturated carbocycles. The van der Waals surface area contributed by atoms with Crippen molar-refractivity contribution in [1.82, 2.24) is 24.6 Å². The van der Waals surface area contributed by atoms with Gasteiger partial charge in [0.2, 0.25) is 0 Å². The summed E-state index contributed by atoms with van der Waals surface area (Å²) in [4.78, 5) is 13.8. The summed E-state index contributed by atoms with van der Waals surface area (Å²) in [7, 11) is 0. The fourth-order valence-corrected chi connectivity index (χ4v) is 5.10. The first-order valence-corrected chi connectivity index (χ1v) is 11.0. The molecule has 1 aromatic carbocycles. The van der Waals surface area contributed by atoms with Crippen LogP contribution in [0.3, 0.4) is 0 Å². The summed E-state index contributed by atoms with van der Waals surface area (Å²) in [5, 5.41) is 15.7. The van der Waals surface area contributed by atoms with Crippen molar-refractivity contribution in [3.05, 3.63) is 78.4 Å². The van der Waals surface area contributed by atoms with Crippen molar-refractivity contribution in [2.45, 2.75) is 37.8 Å². The van der Waals surface area contributed by atoms with Gasteiger partial charge < -0.3 is 10.8 Å². The van der Waals surface area contributed by atoms with Gasteiger partial charge in [-0.1, -0.05) is 24.3 Å². The Labute approximate surface area is 191 Å². The molecule has 0 amide bonds. The van der Waals surface area contributed by atoms with E-state index in [1.54, 1.807) is 16.9 Å². The summed E-state index contributed by atoms with van der Waals surface area (Å²) >= 11 is 0. The third-order valence-electron chi connectivity index (χ3n) is 6.50. The molecule has 0 radical (unpaired) electrons. The Morgan fingerprint density at radius 3 is 2.42 bits per heavy atom. The minimum Gasteiger partial charge on any atom is -0.390 e. The van der Waals surface area contributed by atoms with Gasteiger partial charge >= 0.3 is 0 Å². The zero-order valence-corrected chi connectivity index (χ0v) is 18.5. The highest BCUT2D eigenvalue weighted by molar-refractivity contribution is 5.90. The molecule has 7 nitrogen and oxygen atoms in total. The highest BCUT2D eigenvalue weighted by Gasteiger charge is 2.49. The van der Waals surface area contributed by atoms with Gasteiger partial charge in [0.1, 0.15) is 0 Å². The molecule has 0 spiro atoms. The lowest BCUT2D eigenvalue weighted by Gasteiger charge is -2.49. The number of rotatable bonds is 3. The van der Waals surface area contributed by atoms with Gasteiger partial charge in [-0.15, -0.1) is 0 Å². The van der Waals surface area contributed by atoms with Crippen molar-refractivity contribution in [3.63, 3.8) is 0 Å². The first-order valence-electron chi connectivity index (χ1n) is 11.0. The lowest BCUT2D eigenvalue weighted by Crippen LogP contribution is -2.58. The number of aryl methyl sites for hydroxylation is 1. The van der Waals surface area contributed by atoms with E-state index < -0.39 is 11.1 Å². The van der Waals surface area contributed by atoms with Gasteiger partial charge in [-0.05, 0) is 56.0 Å². The van der Waals surface area contributed by atoms with E-state index in [9.17, 15) is 5.11 Å². The zero-order chi connectivity index (χ0) is 22.8. The largest absolute Gasteiger partial charge is 0.390 e. The molecule has 1 fully saturated rings. The van der Waals surface area contributed by atoms with Crippen LogP contribution in [0.5, 0.6) is 0 Å². The molecule has 5 aromatic rings. The van der Waals surface area contributed by atoms with Gasteiger partial charge in [0.05, 0.1) is 17.0 Å². The van der Waals surface area contributed by atoms with E-state index in [-0.39, 0.29) is 0 Å². The standard InChI is InChI=1S/C26H24N6O/c1-16-11-22-29-13-19-12-21(17-7-9-28-10-8-17)23(30-24(19)32(22)31-16)18-3-5-20(6-4-18)26(27)14-25(2,33)15-26/h3-13,33H,14-15,27H2,1-2H3. The molecule has 33 heavy (non-hydrogen) atoms. The first kappa shape index (κ1) is 20.0. The van der Waals surface area contributed by atoms with Crippen LogP contribution >= 0.6 is 0 Å². The predicted molar refractivity (Wildman–Crippen MR) is 127 cm³/mol. The number of hydrogen-bond donors (Lipinski definition) is 2. The van der Waals surface area contributed by atoms with Gasteiger partial charge in [0.25, 0.3) is 0 Å². The van der Waals surface area contributed by atoms with Crippen molar-refractivity contribution in [3.8, 4) is 22.4 Å². The molecule has 0 saturated heterocycles. The third-order valence-corrected chi connectivity index (χ3v) is 6.50. The van der Waals surface area contributed by atoms with Crippen LogP contribution in [0.2, 0.25) is 0 Å². The highest BCUT2D eigenvalue weighted by Crippen LogP contribution is 2.46. The van der Waals surface area contributed by atoms with Gasteiger partial charge in [0, 0.05) is 46.7 Å². The van der Waals surface area contributed by atoms with Crippen LogP contribution in [0.1, 0.15) is 31.0 Å². The predicted octanol–water partition coefficient (Wildman–Crippen LogP) is 4.01. The van der Waals surface area contributed by atoms with Crippen LogP contribution in [0.25, 0.3) is 39.1 Å². The van der Waals surface area contributed by atoms with Gasteiger partial charge in [0.15, 0.2) is 11.3 Å². The molecule has 7 heteroatoms. The van der Waals surface area contributed by atoms with Gasteiger partial charge in [-0.25, -0.2) is 9.97 Å². The number of nitrogens with zero attached hydrogens (tertiary/aromatic N) is 5. The molecule has 0 unspecified atom stereocenters. The maximum atomic E-state index is 10.2. The summed E-state index contributed by atoms with van der Waals surface area (Å²) in [6.45, 7) is 3.78. The average Bonchev–Trinajstić information content (AvgIpc) is 3.18. The van der Waals surface area contributed by atoms with Crippen molar-refractivity contribution in [2.24, 2.45) is 5.73 Å². The number of hydrogen-bond acceptors (Lipinski definition) is 6. The van der Waals surface area contributed by atoms with Crippen LogP contribution in [0.15, 0.2) is 67.1 Å². The van der Waals surface area contributed by atoms with Crippen LogP contribution in [0.4, 0.5) is 0 Å². The van der Waals surface area contributed by atoms with E-state index in [4.69, 9.17) is 10.7 Å². The third kappa shape index (κ3) is 3.28. The number of nitrogens with two attached hydrogens (primary N) is 1. The topological polar surface area (TPSA) is 102 Å². The van der Waals surface area contributed by atoms with Crippen LogP contribution in [0, 0.1) is 6.92 Å². The van der Waals surface area contributed by atoms with E-state index in [1.165, 1.54) is 0 Å². The second-order valence-corrected chi connectivity index (χ2v) is 9.43. The van der Waals surface area contributed by atoms with E-state index in [0.717, 1.165) is 50.3 Å². The minimum absolute atomic E-state index is 0.489. The summed E-state index contributed by atoms with van der Waals surface area (Å²) in [5.74, 6) is 0. The van der Waals surface area contributed by atoms with E-state index in [0.29, 0.717) is 12.8 Å². The van der Waals surface area contributed by atoms with Crippen molar-refractivity contribution in [2.75, 3.05) is 0 Å². The summed E-state index contributed by atoms with van der Waals surface area (Å²) < 4.78 is 1.80. The second-order valence-electron chi connectivity index (χ2n) is 9.43. The fraction of sp³-hybridized carbons (Fsp3) is 0.231. The number of aliphatic hydroxyl groups is 1. The Kier molecular flexibility index (Phi) is 4.18. The van der Waals surface area contributed by atoms with Crippen LogP contribution in [-0.2, 0) is 5.54 Å². The summed E-state index contributed by atoms with van der Waals surface area (Å²) in [5.41, 5.74) is 12.7. The molecule has 4 aromatic heterocycles. The lowest BCUT2D eigenvalue weighted by atomic mass is 9.63. The minimum atomic E-state index is -0.691. The Hall–Kier alpha value is -3.68. The van der Waals surface area contributed by atoms with E-state index in [1.807, 2.05) is 50.4 Å². The SMILES string of the molecule is Cc1cc2ncc3cc(-c4ccncc4)c(-c4ccc(C5(N)CC(C)(O)C5)cc4)nc3n2n1. The summed E-state index contributed by atoms with van der Waals surface area (Å²) in [6.07, 6.45) is 6.52. The zero-order valence-electron chi connectivity index (χ0n) is 18.5. The quantitative estimate of drug-likeness (QED) is 0.443. The highest BCUT2D eigenvalue weighted by atomic mass is 16.3. The molecule has 3 N–H and O–H groups in total. The smallest absolute Gasteiger partial charge is 0.165 e. The number of pyridine rings is 2. The molecule has 1 aliphatic carbocycles. The molecule has 6 rings (SSSR count). The van der Waals surface area contributed by atoms with E-state index >= 15 is 0 Å². The molecule has 4 heterocycles. The molecule has 1 aliphatic rings. The molecule has 0 atom stereocenters. The Balaban J connectivity index is 1.53. The monoisotopic (exact) mass is 436 g/mol. The molecule has 0 aliphatic heterocycles. The molecule has 0 bridgehead atoms. The Morgan fingerprint density at radius 2 is 1.73 bits per heavy atom. The van der Waals surface area contributed by atoms with Gasteiger partial charge in [-0.3, -0.25) is 4.98 Å². The number of aromatic nitrogens is 5. The van der Waals surface area contributed by atoms with Gasteiger partial charge in [-0.2, -0.15) is 9.61 Å². The average molecular weight is 437 g/mol. The van der Waals surface area contributed by atoms with Crippen LogP contribution in [-0.4, -0.2) is 35.3 Å². The fourth-order valence-electron chi connectivity index (χ4n) is 5.10. The molecular formula is C26H24N6O. The second kappa shape index (κ2) is 6.91. The maximum Gasteiger partial charge on any atom is 0.165 e. The number of fused-ring (bicyclic) bond motifs is 3. The molecular weight excluding hydrogens is 412 g/mol. The molecule has 164 valence electrons. The van der Waals surface area contributed by atoms with Crippen molar-refractivity contribution in [1.29, 1.82) is 0 Å². The maximum absolute atomic E-state index is 10.2. The Bertz CT molecular complexity index is 1500. The first-order chi connectivity index (χ1) is 15.8. The number of benzene rings is 1. The van der Waals surface area contributed by atoms with E-state index in [2.05, 4.69) is 33.3 Å². The normalized spacial score (nSPS) is 22.5. The van der Waals surface area contributed by atoms with Crippen molar-refractivity contribution >= 4 is 16.7 Å². The van der Waals surface area contributed by atoms with Crippen LogP contribution < -0.4 is 5.73 Å². The Morgan fingerprint density at radius 1 is 1.00 bits per heavy atom. The summed E-state index contributed by atoms with van der Waals surface area (Å²) in [6, 6.07) is 16.2.